The Balaban J connectivity index is 0.000000115. The van der Waals surface area contributed by atoms with Gasteiger partial charge in [0.2, 0.25) is 0 Å². The molecule has 0 aliphatic rings. The first kappa shape index (κ1) is 65.7. The van der Waals surface area contributed by atoms with Gasteiger partial charge >= 0.3 is 0 Å². The highest BCUT2D eigenvalue weighted by molar-refractivity contribution is 7.24. The zero-order valence-electron chi connectivity index (χ0n) is 54.9. The number of benzene rings is 13. The van der Waals surface area contributed by atoms with Crippen LogP contribution in [0, 0.1) is 0 Å². The molecule has 22 rings (SSSR count). The minimum absolute atomic E-state index is 0. The molecule has 0 N–H and O–H groups in total. The van der Waals surface area contributed by atoms with Crippen molar-refractivity contribution in [1.29, 1.82) is 0 Å². The van der Waals surface area contributed by atoms with Crippen LogP contribution in [-0.2, 0) is 0 Å². The quantitative estimate of drug-likeness (QED) is 0.160. The summed E-state index contributed by atoms with van der Waals surface area (Å²) in [5, 5.41) is 16.4. The van der Waals surface area contributed by atoms with Gasteiger partial charge in [-0.25, -0.2) is 4.98 Å². The molecule has 0 atom stereocenters. The molecule has 502 valence electrons. The van der Waals surface area contributed by atoms with Crippen LogP contribution in [0.4, 0.5) is 0 Å². The molecule has 0 saturated heterocycles. The molecule has 105 heavy (non-hydrogen) atoms. The summed E-state index contributed by atoms with van der Waals surface area (Å²) in [5.74, 6) is 0.953. The Hall–Kier alpha value is -12.6. The van der Waals surface area contributed by atoms with E-state index in [0.29, 0.717) is 0 Å². The van der Waals surface area contributed by atoms with Crippen molar-refractivity contribution in [1.82, 2.24) is 28.7 Å². The van der Waals surface area contributed by atoms with Crippen LogP contribution in [0.5, 0.6) is 0 Å². The minimum atomic E-state index is 0. The van der Waals surface area contributed by atoms with Crippen molar-refractivity contribution in [3.63, 3.8) is 0 Å². The fourth-order valence-electron chi connectivity index (χ4n) is 15.3. The molecule has 0 aliphatic heterocycles. The van der Waals surface area contributed by atoms with Gasteiger partial charge in [-0.05, 0) is 147 Å². The van der Waals surface area contributed by atoms with Crippen molar-refractivity contribution in [2.75, 3.05) is 0 Å². The Bertz CT molecular complexity index is 6980. The predicted molar refractivity (Wildman–Crippen MR) is 456 cm³/mol. The van der Waals surface area contributed by atoms with Gasteiger partial charge in [0.05, 0.1) is 49.8 Å². The number of rotatable bonds is 7. The SMILES string of the molecule is C.C.C.c1ccc(-c2cc3ccc4c(c5ccccc5n4-c4cc5ccccc5cn4)c3s2)cc1.c1ccc(-c2cc3ccc4c(c5ccccc5n4-c4ccc(-c5cccc6cccnc56)cc4)c3s2)cc1.c1ccc(-c2cc3ccc4c(c5ccccc5n4-c4cccc5ncccc45)c3s2)cc1. The molecule has 13 aromatic carbocycles. The Morgan fingerprint density at radius 1 is 0.257 bits per heavy atom. The molecule has 0 spiro atoms. The molecule has 0 fully saturated rings. The van der Waals surface area contributed by atoms with Crippen LogP contribution >= 0.6 is 34.0 Å². The smallest absolute Gasteiger partial charge is 0.138 e. The van der Waals surface area contributed by atoms with Crippen LogP contribution in [0.1, 0.15) is 22.3 Å². The average Bonchev–Trinajstić information content (AvgIpc) is 1.58. The average molecular weight is 1400 g/mol. The molecule has 0 bridgehead atoms. The number of hydrogen-bond acceptors (Lipinski definition) is 6. The van der Waals surface area contributed by atoms with E-state index in [9.17, 15) is 0 Å². The second-order valence-electron chi connectivity index (χ2n) is 25.8. The van der Waals surface area contributed by atoms with Gasteiger partial charge in [0, 0.05) is 107 Å². The summed E-state index contributed by atoms with van der Waals surface area (Å²) in [6.45, 7) is 0. The summed E-state index contributed by atoms with van der Waals surface area (Å²) in [5.41, 5.74) is 17.8. The van der Waals surface area contributed by atoms with Crippen LogP contribution in [0.2, 0.25) is 0 Å². The first-order valence-corrected chi connectivity index (χ1v) is 36.7. The molecule has 22 aromatic rings. The summed E-state index contributed by atoms with van der Waals surface area (Å²) in [7, 11) is 0. The number of fused-ring (bicyclic) bond motifs is 18. The molecule has 9 heteroatoms. The zero-order chi connectivity index (χ0) is 67.2. The minimum Gasteiger partial charge on any atom is -0.309 e. The van der Waals surface area contributed by atoms with Gasteiger partial charge in [-0.1, -0.05) is 253 Å². The van der Waals surface area contributed by atoms with E-state index in [1.807, 2.05) is 64.7 Å². The van der Waals surface area contributed by atoms with Gasteiger partial charge in [-0.3, -0.25) is 14.5 Å². The standard InChI is InChI=1S/C35H22N2S.2C29H18N2S.3CH4/c1-2-8-24(9-3-1)32-22-26-17-20-31-33(35(26)38-32)29-12-4-5-14-30(29)37(31)27-18-15-23(16-19-27)28-13-6-10-25-11-7-21-36-34(25)28;1-2-8-19(9-3-1)27-18-20-15-16-26-28(29(20)32-27)22-10-4-5-13-25(22)31(26)24-14-6-12-23-21(24)11-7-17-30-23;1-2-8-19(9-3-1)26-16-21-14-15-25-28(29(21)32-26)23-12-6-7-13-24(23)31(25)27-17-20-10-4-5-11-22(20)18-30-27;;;/h1-22H;2*1-18H;3*1H4. The molecule has 6 nitrogen and oxygen atoms in total. The lowest BCUT2D eigenvalue weighted by Gasteiger charge is -2.11. The van der Waals surface area contributed by atoms with Gasteiger partial charge < -0.3 is 9.13 Å². The number of para-hydroxylation sites is 4. The van der Waals surface area contributed by atoms with Crippen LogP contribution in [0.15, 0.2) is 352 Å². The highest BCUT2D eigenvalue weighted by atomic mass is 32.1. The number of hydrogen-bond donors (Lipinski definition) is 0. The zero-order valence-corrected chi connectivity index (χ0v) is 57.3. The highest BCUT2D eigenvalue weighted by Crippen LogP contribution is 2.47. The topological polar surface area (TPSA) is 53.5 Å². The lowest BCUT2D eigenvalue weighted by Crippen LogP contribution is -1.96. The number of thiophene rings is 3. The van der Waals surface area contributed by atoms with E-state index in [-0.39, 0.29) is 22.3 Å². The van der Waals surface area contributed by atoms with Crippen LogP contribution in [0.3, 0.4) is 0 Å². The summed E-state index contributed by atoms with van der Waals surface area (Å²) in [6, 6.07) is 119. The van der Waals surface area contributed by atoms with Gasteiger partial charge in [0.25, 0.3) is 0 Å². The maximum Gasteiger partial charge on any atom is 0.138 e. The van der Waals surface area contributed by atoms with Crippen LogP contribution < -0.4 is 0 Å². The Morgan fingerprint density at radius 3 is 1.25 bits per heavy atom. The second kappa shape index (κ2) is 27.3. The third-order valence-corrected chi connectivity index (χ3v) is 23.6. The second-order valence-corrected chi connectivity index (χ2v) is 28.9. The number of pyridine rings is 3. The normalized spacial score (nSPS) is 11.4. The monoisotopic (exact) mass is 1400 g/mol. The predicted octanol–water partition coefficient (Wildman–Crippen LogP) is 28.2. The molecule has 9 aromatic heterocycles. The van der Waals surface area contributed by atoms with E-state index >= 15 is 0 Å². The summed E-state index contributed by atoms with van der Waals surface area (Å²) >= 11 is 5.64. The first-order valence-electron chi connectivity index (χ1n) is 34.3. The molecule has 0 saturated carbocycles. The molecule has 0 amide bonds. The molecule has 9 heterocycles. The van der Waals surface area contributed by atoms with Crippen LogP contribution in [0.25, 0.3) is 188 Å². The van der Waals surface area contributed by atoms with Gasteiger partial charge in [0.1, 0.15) is 5.82 Å². The van der Waals surface area contributed by atoms with Gasteiger partial charge in [-0.2, -0.15) is 0 Å². The molecular weight excluding hydrogens is 1330 g/mol. The Morgan fingerprint density at radius 2 is 0.686 bits per heavy atom. The van der Waals surface area contributed by atoms with Gasteiger partial charge in [0.15, 0.2) is 0 Å². The Labute approximate surface area is 620 Å². The summed E-state index contributed by atoms with van der Waals surface area (Å²) < 4.78 is 11.1. The maximum atomic E-state index is 4.85. The van der Waals surface area contributed by atoms with Crippen molar-refractivity contribution < 1.29 is 0 Å². The van der Waals surface area contributed by atoms with Crippen molar-refractivity contribution in [2.24, 2.45) is 0 Å². The van der Waals surface area contributed by atoms with E-state index in [4.69, 9.17) is 4.98 Å². The van der Waals surface area contributed by atoms with Gasteiger partial charge in [-0.15, -0.1) is 34.0 Å². The molecule has 0 aliphatic carbocycles. The maximum absolute atomic E-state index is 4.85. The lowest BCUT2D eigenvalue weighted by molar-refractivity contribution is 1.09. The molecule has 0 radical (unpaired) electrons. The van der Waals surface area contributed by atoms with E-state index < -0.39 is 0 Å². The third kappa shape index (κ3) is 11.2. The fourth-order valence-corrected chi connectivity index (χ4v) is 18.9. The van der Waals surface area contributed by atoms with E-state index in [1.54, 1.807) is 0 Å². The van der Waals surface area contributed by atoms with E-state index in [2.05, 4.69) is 345 Å². The number of nitrogens with zero attached hydrogens (tertiary/aromatic N) is 6. The van der Waals surface area contributed by atoms with Crippen LogP contribution in [-0.4, -0.2) is 28.7 Å². The number of aromatic nitrogens is 6. The first-order chi connectivity index (χ1) is 50.6. The summed E-state index contributed by atoms with van der Waals surface area (Å²) in [4.78, 5) is 18.0. The van der Waals surface area contributed by atoms with Crippen molar-refractivity contribution in [2.45, 2.75) is 22.3 Å². The van der Waals surface area contributed by atoms with Crippen molar-refractivity contribution in [3.8, 4) is 59.6 Å². The Kier molecular flexibility index (Phi) is 17.1. The lowest BCUT2D eigenvalue weighted by atomic mass is 10.0. The molecular formula is C96H70N6S3. The summed E-state index contributed by atoms with van der Waals surface area (Å²) in [6.07, 6.45) is 5.70. The largest absolute Gasteiger partial charge is 0.309 e. The third-order valence-electron chi connectivity index (χ3n) is 19.9. The molecule has 0 unspecified atom stereocenters. The fraction of sp³-hybridized carbons (Fsp3) is 0.0312. The highest BCUT2D eigenvalue weighted by Gasteiger charge is 2.22. The van der Waals surface area contributed by atoms with E-state index in [1.165, 1.54) is 144 Å². The van der Waals surface area contributed by atoms with Crippen molar-refractivity contribution in [3.05, 3.63) is 352 Å². The van der Waals surface area contributed by atoms with Crippen molar-refractivity contribution >= 4 is 162 Å². The van der Waals surface area contributed by atoms with E-state index in [0.717, 1.165) is 44.3 Å².